The van der Waals surface area contributed by atoms with Crippen molar-refractivity contribution in [3.8, 4) is 0 Å². The number of halogens is 1. The number of nitrogens with two attached hydrogens (primary N) is 1. The third-order valence-corrected chi connectivity index (χ3v) is 4.63. The summed E-state index contributed by atoms with van der Waals surface area (Å²) < 4.78 is 13.0. The Hall–Kier alpha value is -2.08. The van der Waals surface area contributed by atoms with Crippen molar-refractivity contribution < 1.29 is 4.39 Å². The second kappa shape index (κ2) is 8.15. The molecule has 0 saturated carbocycles. The van der Waals surface area contributed by atoms with E-state index in [0.29, 0.717) is 5.96 Å². The first-order chi connectivity index (χ1) is 11.7. The highest BCUT2D eigenvalue weighted by molar-refractivity contribution is 5.78. The van der Waals surface area contributed by atoms with Gasteiger partial charge in [0, 0.05) is 51.5 Å². The molecule has 0 radical (unpaired) electrons. The van der Waals surface area contributed by atoms with Gasteiger partial charge in [0.1, 0.15) is 5.82 Å². The topological polar surface area (TPSA) is 48.1 Å². The molecule has 5 nitrogen and oxygen atoms in total. The Morgan fingerprint density at radius 3 is 2.46 bits per heavy atom. The van der Waals surface area contributed by atoms with Gasteiger partial charge in [-0.05, 0) is 30.7 Å². The van der Waals surface area contributed by atoms with Crippen molar-refractivity contribution in [3.05, 3.63) is 42.2 Å². The fourth-order valence-electron chi connectivity index (χ4n) is 3.14. The van der Waals surface area contributed by atoms with Crippen LogP contribution in [0.25, 0.3) is 0 Å². The first kappa shape index (κ1) is 16.8. The van der Waals surface area contributed by atoms with Crippen molar-refractivity contribution in [1.29, 1.82) is 0 Å². The monoisotopic (exact) mass is 331 g/mol. The normalized spacial score (nSPS) is 19.8. The van der Waals surface area contributed by atoms with Crippen LogP contribution < -0.4 is 10.6 Å². The average molecular weight is 331 g/mol. The molecule has 0 aliphatic carbocycles. The van der Waals surface area contributed by atoms with Crippen LogP contribution in [0.3, 0.4) is 0 Å². The molecule has 1 fully saturated rings. The number of piperazine rings is 1. The van der Waals surface area contributed by atoms with E-state index in [1.165, 1.54) is 12.1 Å². The molecule has 1 aromatic carbocycles. The lowest BCUT2D eigenvalue weighted by Gasteiger charge is -2.36. The third kappa shape index (κ3) is 4.47. The molecule has 0 amide bonds. The molecule has 3 rings (SSSR count). The van der Waals surface area contributed by atoms with E-state index in [2.05, 4.69) is 31.8 Å². The molecule has 0 bridgehead atoms. The van der Waals surface area contributed by atoms with Crippen LogP contribution in [0, 0.1) is 5.82 Å². The highest BCUT2D eigenvalue weighted by atomic mass is 19.1. The van der Waals surface area contributed by atoms with E-state index >= 15 is 0 Å². The standard InChI is InChI=1S/C18H26FN5/c19-16-4-6-17(7-5-16)23-12-14-24(15-13-23)18(20)21-8-11-22-9-2-1-3-10-22/h1-2,4-7H,3,8-15H2,(H2,20,21). The summed E-state index contributed by atoms with van der Waals surface area (Å²) in [6.45, 7) is 7.28. The molecule has 0 atom stereocenters. The maximum Gasteiger partial charge on any atom is 0.191 e. The van der Waals surface area contributed by atoms with Gasteiger partial charge >= 0.3 is 0 Å². The number of nitrogens with zero attached hydrogens (tertiary/aromatic N) is 4. The molecule has 0 unspecified atom stereocenters. The number of guanidine groups is 1. The zero-order chi connectivity index (χ0) is 16.8. The molecule has 1 aromatic rings. The smallest absolute Gasteiger partial charge is 0.191 e. The van der Waals surface area contributed by atoms with Crippen LogP contribution in [-0.4, -0.2) is 68.1 Å². The Morgan fingerprint density at radius 1 is 1.04 bits per heavy atom. The predicted octanol–water partition coefficient (Wildman–Crippen LogP) is 1.52. The molecule has 24 heavy (non-hydrogen) atoms. The lowest BCUT2D eigenvalue weighted by atomic mass is 10.2. The van der Waals surface area contributed by atoms with E-state index < -0.39 is 0 Å². The van der Waals surface area contributed by atoms with Gasteiger partial charge in [-0.25, -0.2) is 4.39 Å². The average Bonchev–Trinajstić information content (AvgIpc) is 2.63. The van der Waals surface area contributed by atoms with Crippen molar-refractivity contribution in [2.45, 2.75) is 6.42 Å². The van der Waals surface area contributed by atoms with E-state index in [0.717, 1.165) is 64.5 Å². The lowest BCUT2D eigenvalue weighted by Crippen LogP contribution is -2.51. The minimum atomic E-state index is -0.196. The van der Waals surface area contributed by atoms with Crippen LogP contribution in [0.2, 0.25) is 0 Å². The summed E-state index contributed by atoms with van der Waals surface area (Å²) in [5.41, 5.74) is 7.20. The van der Waals surface area contributed by atoms with Crippen LogP contribution in [0.5, 0.6) is 0 Å². The second-order valence-corrected chi connectivity index (χ2v) is 6.25. The van der Waals surface area contributed by atoms with Crippen LogP contribution in [0.15, 0.2) is 41.4 Å². The fourth-order valence-corrected chi connectivity index (χ4v) is 3.14. The van der Waals surface area contributed by atoms with Crippen LogP contribution >= 0.6 is 0 Å². The SMILES string of the molecule is NC(=NCCN1CC=CCC1)N1CCN(c2ccc(F)cc2)CC1. The van der Waals surface area contributed by atoms with E-state index in [9.17, 15) is 4.39 Å². The van der Waals surface area contributed by atoms with Crippen molar-refractivity contribution in [1.82, 2.24) is 9.80 Å². The Morgan fingerprint density at radius 2 is 1.79 bits per heavy atom. The molecule has 2 heterocycles. The maximum absolute atomic E-state index is 13.0. The Labute approximate surface area is 143 Å². The Kier molecular flexibility index (Phi) is 5.69. The zero-order valence-corrected chi connectivity index (χ0v) is 14.1. The van der Waals surface area contributed by atoms with Gasteiger partial charge < -0.3 is 15.5 Å². The molecule has 2 aliphatic heterocycles. The summed E-state index contributed by atoms with van der Waals surface area (Å²) in [6, 6.07) is 6.67. The first-order valence-corrected chi connectivity index (χ1v) is 8.65. The van der Waals surface area contributed by atoms with Crippen molar-refractivity contribution in [2.75, 3.05) is 57.3 Å². The second-order valence-electron chi connectivity index (χ2n) is 6.25. The van der Waals surface area contributed by atoms with Gasteiger partial charge in [-0.2, -0.15) is 0 Å². The number of anilines is 1. The largest absolute Gasteiger partial charge is 0.370 e. The predicted molar refractivity (Wildman–Crippen MR) is 96.9 cm³/mol. The molecule has 1 saturated heterocycles. The van der Waals surface area contributed by atoms with Gasteiger partial charge in [-0.3, -0.25) is 9.89 Å². The van der Waals surface area contributed by atoms with E-state index in [4.69, 9.17) is 5.73 Å². The van der Waals surface area contributed by atoms with Gasteiger partial charge in [0.05, 0.1) is 6.54 Å². The highest BCUT2D eigenvalue weighted by Gasteiger charge is 2.18. The summed E-state index contributed by atoms with van der Waals surface area (Å²) in [5, 5.41) is 0. The lowest BCUT2D eigenvalue weighted by molar-refractivity contribution is 0.306. The Bertz CT molecular complexity index is 576. The molecule has 130 valence electrons. The molecular formula is C18H26FN5. The van der Waals surface area contributed by atoms with Gasteiger partial charge in [0.25, 0.3) is 0 Å². The van der Waals surface area contributed by atoms with Gasteiger partial charge in [-0.15, -0.1) is 0 Å². The Balaban J connectivity index is 1.44. The van der Waals surface area contributed by atoms with Crippen LogP contribution in [0.4, 0.5) is 10.1 Å². The number of hydrogen-bond donors (Lipinski definition) is 1. The molecular weight excluding hydrogens is 305 g/mol. The van der Waals surface area contributed by atoms with E-state index in [1.807, 2.05) is 12.1 Å². The van der Waals surface area contributed by atoms with Crippen molar-refractivity contribution in [3.63, 3.8) is 0 Å². The maximum atomic E-state index is 13.0. The minimum Gasteiger partial charge on any atom is -0.370 e. The number of aliphatic imine (C=N–C) groups is 1. The van der Waals surface area contributed by atoms with Crippen LogP contribution in [-0.2, 0) is 0 Å². The summed E-state index contributed by atoms with van der Waals surface area (Å²) in [5.74, 6) is 0.444. The van der Waals surface area contributed by atoms with Gasteiger partial charge in [0.2, 0.25) is 0 Å². The fraction of sp³-hybridized carbons (Fsp3) is 0.500. The highest BCUT2D eigenvalue weighted by Crippen LogP contribution is 2.16. The summed E-state index contributed by atoms with van der Waals surface area (Å²) in [7, 11) is 0. The number of hydrogen-bond acceptors (Lipinski definition) is 3. The number of rotatable bonds is 4. The summed E-state index contributed by atoms with van der Waals surface area (Å²) in [4.78, 5) is 11.3. The third-order valence-electron chi connectivity index (χ3n) is 4.63. The van der Waals surface area contributed by atoms with Crippen molar-refractivity contribution in [2.24, 2.45) is 10.7 Å². The minimum absolute atomic E-state index is 0.196. The molecule has 2 aliphatic rings. The van der Waals surface area contributed by atoms with E-state index in [1.54, 1.807) is 0 Å². The van der Waals surface area contributed by atoms with Crippen molar-refractivity contribution >= 4 is 11.6 Å². The zero-order valence-electron chi connectivity index (χ0n) is 14.1. The number of benzene rings is 1. The molecule has 0 aromatic heterocycles. The van der Waals surface area contributed by atoms with Gasteiger partial charge in [-0.1, -0.05) is 12.2 Å². The molecule has 6 heteroatoms. The van der Waals surface area contributed by atoms with Gasteiger partial charge in [0.15, 0.2) is 5.96 Å². The summed E-state index contributed by atoms with van der Waals surface area (Å²) in [6.07, 6.45) is 5.57. The molecule has 2 N–H and O–H groups in total. The van der Waals surface area contributed by atoms with Crippen LogP contribution in [0.1, 0.15) is 6.42 Å². The first-order valence-electron chi connectivity index (χ1n) is 8.65. The summed E-state index contributed by atoms with van der Waals surface area (Å²) >= 11 is 0. The molecule has 0 spiro atoms. The quantitative estimate of drug-likeness (QED) is 0.516. The van der Waals surface area contributed by atoms with E-state index in [-0.39, 0.29) is 5.82 Å².